The maximum absolute atomic E-state index is 9.93. The van der Waals surface area contributed by atoms with Crippen LogP contribution in [0.2, 0.25) is 0 Å². The first-order valence-corrected chi connectivity index (χ1v) is 2.22. The number of ether oxygens (including phenoxy) is 2. The largest absolute Gasteiger partial charge is 0.527 e. The van der Waals surface area contributed by atoms with Gasteiger partial charge < -0.3 is 14.6 Å². The minimum atomic E-state index is -1.87. The van der Waals surface area contributed by atoms with Crippen molar-refractivity contribution in [1.29, 1.82) is 0 Å². The number of carbonyl (C=O) groups is 3. The zero-order chi connectivity index (χ0) is 8.15. The highest BCUT2D eigenvalue weighted by Crippen LogP contribution is 1.91. The van der Waals surface area contributed by atoms with Crippen molar-refractivity contribution in [3.05, 3.63) is 0 Å². The second-order valence-electron chi connectivity index (χ2n) is 0.958. The number of halogens is 1. The average molecular weight is 168 g/mol. The molecule has 0 atom stereocenters. The van der Waals surface area contributed by atoms with Crippen LogP contribution in [-0.2, 0) is 9.47 Å². The standard InChI is InChI=1S/C3HClO6/c4-1(5)9-3(8)10-2(6)7/h(H,6,7). The highest BCUT2D eigenvalue weighted by molar-refractivity contribution is 6.61. The summed E-state index contributed by atoms with van der Waals surface area (Å²) in [4.78, 5) is 29.1. The van der Waals surface area contributed by atoms with Gasteiger partial charge >= 0.3 is 17.7 Å². The van der Waals surface area contributed by atoms with Crippen LogP contribution in [0.15, 0.2) is 0 Å². The summed E-state index contributed by atoms with van der Waals surface area (Å²) in [7, 11) is 0. The maximum atomic E-state index is 9.93. The normalized spacial score (nSPS) is 8.10. The van der Waals surface area contributed by atoms with Crippen LogP contribution < -0.4 is 0 Å². The first-order valence-electron chi connectivity index (χ1n) is 1.84. The lowest BCUT2D eigenvalue weighted by Gasteiger charge is -1.93. The van der Waals surface area contributed by atoms with Gasteiger partial charge in [0.25, 0.3) is 0 Å². The Hall–Kier alpha value is -1.30. The Kier molecular flexibility index (Phi) is 3.20. The van der Waals surface area contributed by atoms with E-state index in [1.165, 1.54) is 0 Å². The third-order valence-electron chi connectivity index (χ3n) is 0.334. The van der Waals surface area contributed by atoms with Crippen LogP contribution in [-0.4, -0.2) is 22.8 Å². The Labute approximate surface area is 59.3 Å². The Morgan fingerprint density at radius 3 is 2.00 bits per heavy atom. The molecule has 56 valence electrons. The van der Waals surface area contributed by atoms with Gasteiger partial charge in [0, 0.05) is 11.6 Å². The van der Waals surface area contributed by atoms with Gasteiger partial charge in [-0.1, -0.05) is 0 Å². The predicted octanol–water partition coefficient (Wildman–Crippen LogP) is 1.18. The number of carbonyl (C=O) groups excluding carboxylic acids is 2. The van der Waals surface area contributed by atoms with Crippen molar-refractivity contribution >= 4 is 29.3 Å². The summed E-state index contributed by atoms with van der Waals surface area (Å²) in [5.41, 5.74) is -1.45. The van der Waals surface area contributed by atoms with Gasteiger partial charge in [-0.25, -0.2) is 14.4 Å². The predicted molar refractivity (Wildman–Crippen MR) is 26.8 cm³/mol. The molecule has 7 heteroatoms. The molecule has 0 aromatic rings. The highest BCUT2D eigenvalue weighted by Gasteiger charge is 2.12. The molecule has 0 aromatic carbocycles. The van der Waals surface area contributed by atoms with Crippen molar-refractivity contribution in [3.63, 3.8) is 0 Å². The van der Waals surface area contributed by atoms with E-state index in [4.69, 9.17) is 5.11 Å². The van der Waals surface area contributed by atoms with Gasteiger partial charge in [-0.3, -0.25) is 0 Å². The molecule has 1 N–H and O–H groups in total. The SMILES string of the molecule is O=C(O)OC(=O)OC(=O)Cl. The quantitative estimate of drug-likeness (QED) is 0.332. The molecule has 0 rings (SSSR count). The lowest BCUT2D eigenvalue weighted by Crippen LogP contribution is -2.12. The van der Waals surface area contributed by atoms with Gasteiger partial charge in [0.2, 0.25) is 0 Å². The Balaban J connectivity index is 3.65. The molecule has 0 aromatic heterocycles. The number of rotatable bonds is 0. The van der Waals surface area contributed by atoms with E-state index in [-0.39, 0.29) is 0 Å². The molecule has 0 heterocycles. The van der Waals surface area contributed by atoms with Gasteiger partial charge in [-0.15, -0.1) is 0 Å². The summed E-state index contributed by atoms with van der Waals surface area (Å²) < 4.78 is 6.76. The Morgan fingerprint density at radius 2 is 1.70 bits per heavy atom. The molecule has 0 aliphatic heterocycles. The van der Waals surface area contributed by atoms with Crippen LogP contribution in [0.1, 0.15) is 0 Å². The van der Waals surface area contributed by atoms with Crippen LogP contribution in [0, 0.1) is 0 Å². The molecule has 0 saturated carbocycles. The van der Waals surface area contributed by atoms with Crippen molar-refractivity contribution in [3.8, 4) is 0 Å². The topological polar surface area (TPSA) is 89.9 Å². The van der Waals surface area contributed by atoms with E-state index < -0.39 is 17.7 Å². The van der Waals surface area contributed by atoms with Crippen molar-refractivity contribution in [1.82, 2.24) is 0 Å². The minimum absolute atomic E-state index is 1.45. The smallest absolute Gasteiger partial charge is 0.449 e. The summed E-state index contributed by atoms with van der Waals surface area (Å²) in [6.07, 6.45) is -3.55. The molecule has 0 radical (unpaired) electrons. The molecule has 0 fully saturated rings. The molecule has 0 spiro atoms. The zero-order valence-corrected chi connectivity index (χ0v) is 5.12. The second kappa shape index (κ2) is 3.67. The van der Waals surface area contributed by atoms with Crippen LogP contribution in [0.25, 0.3) is 0 Å². The van der Waals surface area contributed by atoms with Crippen LogP contribution in [0.5, 0.6) is 0 Å². The highest BCUT2D eigenvalue weighted by atomic mass is 35.5. The van der Waals surface area contributed by atoms with E-state index in [1.807, 2.05) is 0 Å². The zero-order valence-electron chi connectivity index (χ0n) is 4.37. The van der Waals surface area contributed by atoms with Gasteiger partial charge in [-0.2, -0.15) is 0 Å². The van der Waals surface area contributed by atoms with Crippen LogP contribution in [0.4, 0.5) is 14.4 Å². The van der Waals surface area contributed by atoms with Gasteiger partial charge in [0.15, 0.2) is 0 Å². The molecule has 0 saturated heterocycles. The molecule has 0 unspecified atom stereocenters. The fourth-order valence-electron chi connectivity index (χ4n) is 0.158. The van der Waals surface area contributed by atoms with Crippen LogP contribution >= 0.6 is 11.6 Å². The van der Waals surface area contributed by atoms with Crippen molar-refractivity contribution in [2.75, 3.05) is 0 Å². The molecule has 10 heavy (non-hydrogen) atoms. The Bertz CT molecular complexity index is 156. The van der Waals surface area contributed by atoms with E-state index in [0.717, 1.165) is 0 Å². The van der Waals surface area contributed by atoms with E-state index in [1.54, 1.807) is 0 Å². The third-order valence-corrected chi connectivity index (χ3v) is 0.411. The molecule has 6 nitrogen and oxygen atoms in total. The van der Waals surface area contributed by atoms with Crippen molar-refractivity contribution in [2.24, 2.45) is 0 Å². The molecular formula is C3HClO6. The number of hydrogen-bond acceptors (Lipinski definition) is 5. The van der Waals surface area contributed by atoms with Gasteiger partial charge in [0.05, 0.1) is 0 Å². The third kappa shape index (κ3) is 4.85. The van der Waals surface area contributed by atoms with Gasteiger partial charge in [0.1, 0.15) is 0 Å². The Morgan fingerprint density at radius 1 is 1.20 bits per heavy atom. The van der Waals surface area contributed by atoms with Crippen molar-refractivity contribution < 1.29 is 29.0 Å². The molecule has 0 amide bonds. The lowest BCUT2D eigenvalue weighted by atomic mass is 11.2. The van der Waals surface area contributed by atoms with E-state index >= 15 is 0 Å². The van der Waals surface area contributed by atoms with Gasteiger partial charge in [-0.05, 0) is 0 Å². The number of carboxylic acid groups (broad SMARTS) is 1. The first kappa shape index (κ1) is 8.70. The monoisotopic (exact) mass is 168 g/mol. The molecule has 0 aliphatic carbocycles. The molecule has 0 bridgehead atoms. The maximum Gasteiger partial charge on any atom is 0.527 e. The van der Waals surface area contributed by atoms with Crippen LogP contribution in [0.3, 0.4) is 0 Å². The summed E-state index contributed by atoms with van der Waals surface area (Å²) in [5.74, 6) is 0. The minimum Gasteiger partial charge on any atom is -0.449 e. The number of hydrogen-bond donors (Lipinski definition) is 1. The fourth-order valence-corrected chi connectivity index (χ4v) is 0.221. The summed E-state index contributed by atoms with van der Waals surface area (Å²) in [6.45, 7) is 0. The summed E-state index contributed by atoms with van der Waals surface area (Å²) >= 11 is 4.50. The van der Waals surface area contributed by atoms with E-state index in [9.17, 15) is 14.4 Å². The average Bonchev–Trinajstić information content (AvgIpc) is 1.58. The van der Waals surface area contributed by atoms with Crippen molar-refractivity contribution in [2.45, 2.75) is 0 Å². The second-order valence-corrected chi connectivity index (χ2v) is 1.27. The first-order chi connectivity index (χ1) is 4.52. The molecular weight excluding hydrogens is 167 g/mol. The lowest BCUT2D eigenvalue weighted by molar-refractivity contribution is 0.0753. The van der Waals surface area contributed by atoms with E-state index in [0.29, 0.717) is 0 Å². The summed E-state index contributed by atoms with van der Waals surface area (Å²) in [6, 6.07) is 0. The fraction of sp³-hybridized carbons (Fsp3) is 0. The molecule has 0 aliphatic rings. The van der Waals surface area contributed by atoms with E-state index in [2.05, 4.69) is 21.1 Å². The summed E-state index contributed by atoms with van der Waals surface area (Å²) in [5, 5.41) is 7.72.